The fourth-order valence-electron chi connectivity index (χ4n) is 1.73. The number of nitrogens with two attached hydrogens (primary N) is 1. The van der Waals surface area contributed by atoms with Crippen LogP contribution in [0.15, 0.2) is 23.5 Å². The SMILES string of the molecule is CCN(CCCO)Cc1cccnc1/C(N)=N/O. The minimum Gasteiger partial charge on any atom is -0.409 e. The van der Waals surface area contributed by atoms with Gasteiger partial charge in [-0.25, -0.2) is 0 Å². The molecular formula is C12H20N4O2. The first-order chi connectivity index (χ1) is 8.72. The maximum atomic E-state index is 8.85. The third-order valence-electron chi connectivity index (χ3n) is 2.72. The Morgan fingerprint density at radius 2 is 2.33 bits per heavy atom. The van der Waals surface area contributed by atoms with Crippen molar-refractivity contribution in [2.45, 2.75) is 19.9 Å². The van der Waals surface area contributed by atoms with Gasteiger partial charge in [-0.05, 0) is 24.6 Å². The zero-order valence-electron chi connectivity index (χ0n) is 10.6. The molecule has 18 heavy (non-hydrogen) atoms. The van der Waals surface area contributed by atoms with Crippen molar-refractivity contribution in [3.05, 3.63) is 29.6 Å². The summed E-state index contributed by atoms with van der Waals surface area (Å²) in [7, 11) is 0. The number of amidine groups is 1. The average molecular weight is 252 g/mol. The Balaban J connectivity index is 2.82. The molecule has 0 aliphatic heterocycles. The maximum absolute atomic E-state index is 8.85. The number of hydrogen-bond donors (Lipinski definition) is 3. The van der Waals surface area contributed by atoms with Gasteiger partial charge in [0.1, 0.15) is 5.69 Å². The van der Waals surface area contributed by atoms with Gasteiger partial charge in [-0.3, -0.25) is 9.88 Å². The van der Waals surface area contributed by atoms with Crippen LogP contribution in [0, 0.1) is 0 Å². The molecule has 0 saturated heterocycles. The molecule has 0 atom stereocenters. The normalized spacial score (nSPS) is 12.1. The van der Waals surface area contributed by atoms with Crippen molar-refractivity contribution in [1.29, 1.82) is 0 Å². The van der Waals surface area contributed by atoms with Crippen LogP contribution in [-0.2, 0) is 6.54 Å². The van der Waals surface area contributed by atoms with Gasteiger partial charge in [0, 0.05) is 25.9 Å². The van der Waals surface area contributed by atoms with Crippen LogP contribution < -0.4 is 5.73 Å². The van der Waals surface area contributed by atoms with Crippen molar-refractivity contribution in [3.63, 3.8) is 0 Å². The van der Waals surface area contributed by atoms with E-state index in [4.69, 9.17) is 16.0 Å². The van der Waals surface area contributed by atoms with Gasteiger partial charge in [0.25, 0.3) is 0 Å². The smallest absolute Gasteiger partial charge is 0.189 e. The van der Waals surface area contributed by atoms with Crippen LogP contribution in [0.2, 0.25) is 0 Å². The molecule has 0 amide bonds. The van der Waals surface area contributed by atoms with Crippen LogP contribution >= 0.6 is 0 Å². The average Bonchev–Trinajstić information content (AvgIpc) is 2.43. The summed E-state index contributed by atoms with van der Waals surface area (Å²) in [6, 6.07) is 3.73. The van der Waals surface area contributed by atoms with Crippen LogP contribution in [0.4, 0.5) is 0 Å². The lowest BCUT2D eigenvalue weighted by molar-refractivity contribution is 0.225. The van der Waals surface area contributed by atoms with Crippen molar-refractivity contribution in [3.8, 4) is 0 Å². The van der Waals surface area contributed by atoms with Gasteiger partial charge in [-0.2, -0.15) is 0 Å². The summed E-state index contributed by atoms with van der Waals surface area (Å²) in [5.74, 6) is 0.0174. The van der Waals surface area contributed by atoms with Crippen LogP contribution in [0.25, 0.3) is 0 Å². The first-order valence-corrected chi connectivity index (χ1v) is 5.98. The second-order valence-corrected chi connectivity index (χ2v) is 3.94. The second kappa shape index (κ2) is 7.62. The lowest BCUT2D eigenvalue weighted by Crippen LogP contribution is -2.27. The molecule has 0 aliphatic carbocycles. The van der Waals surface area contributed by atoms with E-state index >= 15 is 0 Å². The van der Waals surface area contributed by atoms with E-state index in [1.807, 2.05) is 12.1 Å². The summed E-state index contributed by atoms with van der Waals surface area (Å²) in [5, 5.41) is 20.6. The molecule has 0 radical (unpaired) electrons. The summed E-state index contributed by atoms with van der Waals surface area (Å²) >= 11 is 0. The van der Waals surface area contributed by atoms with Gasteiger partial charge >= 0.3 is 0 Å². The second-order valence-electron chi connectivity index (χ2n) is 3.94. The third-order valence-corrected chi connectivity index (χ3v) is 2.72. The highest BCUT2D eigenvalue weighted by molar-refractivity contribution is 5.96. The minimum absolute atomic E-state index is 0.0174. The Labute approximate surface area is 107 Å². The monoisotopic (exact) mass is 252 g/mol. The molecule has 1 aromatic rings. The summed E-state index contributed by atoms with van der Waals surface area (Å²) in [6.45, 7) is 4.56. The standard InChI is InChI=1S/C12H20N4O2/c1-2-16(7-4-8-17)9-10-5-3-6-14-11(10)12(13)15-18/h3,5-6,17-18H,2,4,7-9H2,1H3,(H2,13,15). The van der Waals surface area contributed by atoms with E-state index in [1.54, 1.807) is 6.20 Å². The van der Waals surface area contributed by atoms with Gasteiger partial charge in [0.05, 0.1) is 0 Å². The van der Waals surface area contributed by atoms with Crippen LogP contribution in [0.5, 0.6) is 0 Å². The molecule has 6 heteroatoms. The molecule has 1 rings (SSSR count). The van der Waals surface area contributed by atoms with E-state index in [0.717, 1.165) is 25.1 Å². The zero-order chi connectivity index (χ0) is 13.4. The Bertz CT molecular complexity index is 395. The lowest BCUT2D eigenvalue weighted by Gasteiger charge is -2.20. The van der Waals surface area contributed by atoms with Crippen LogP contribution in [0.3, 0.4) is 0 Å². The van der Waals surface area contributed by atoms with E-state index in [2.05, 4.69) is 22.0 Å². The Morgan fingerprint density at radius 3 is 2.94 bits per heavy atom. The fourth-order valence-corrected chi connectivity index (χ4v) is 1.73. The number of aromatic nitrogens is 1. The number of pyridine rings is 1. The van der Waals surface area contributed by atoms with Crippen LogP contribution in [0.1, 0.15) is 24.6 Å². The molecule has 0 unspecified atom stereocenters. The molecule has 4 N–H and O–H groups in total. The largest absolute Gasteiger partial charge is 0.409 e. The highest BCUT2D eigenvalue weighted by Gasteiger charge is 2.11. The molecule has 0 bridgehead atoms. The van der Waals surface area contributed by atoms with Crippen molar-refractivity contribution >= 4 is 5.84 Å². The predicted molar refractivity (Wildman–Crippen MR) is 69.4 cm³/mol. The molecular weight excluding hydrogens is 232 g/mol. The van der Waals surface area contributed by atoms with Gasteiger partial charge in [-0.15, -0.1) is 0 Å². The van der Waals surface area contributed by atoms with Gasteiger partial charge in [0.15, 0.2) is 5.84 Å². The summed E-state index contributed by atoms with van der Waals surface area (Å²) in [6.07, 6.45) is 2.34. The van der Waals surface area contributed by atoms with E-state index in [-0.39, 0.29) is 12.4 Å². The summed E-state index contributed by atoms with van der Waals surface area (Å²) in [5.41, 5.74) is 7.00. The number of hydrogen-bond acceptors (Lipinski definition) is 5. The molecule has 100 valence electrons. The number of aliphatic hydroxyl groups excluding tert-OH is 1. The van der Waals surface area contributed by atoms with E-state index in [9.17, 15) is 0 Å². The first-order valence-electron chi connectivity index (χ1n) is 5.98. The van der Waals surface area contributed by atoms with Crippen molar-refractivity contribution in [2.75, 3.05) is 19.7 Å². The van der Waals surface area contributed by atoms with Crippen LogP contribution in [-0.4, -0.2) is 45.7 Å². The highest BCUT2D eigenvalue weighted by Crippen LogP contribution is 2.09. The number of nitrogens with zero attached hydrogens (tertiary/aromatic N) is 3. The van der Waals surface area contributed by atoms with Crippen molar-refractivity contribution < 1.29 is 10.3 Å². The van der Waals surface area contributed by atoms with E-state index in [0.29, 0.717) is 12.2 Å². The quantitative estimate of drug-likeness (QED) is 0.282. The number of oxime groups is 1. The molecule has 0 spiro atoms. The van der Waals surface area contributed by atoms with E-state index in [1.165, 1.54) is 0 Å². The Morgan fingerprint density at radius 1 is 1.56 bits per heavy atom. The highest BCUT2D eigenvalue weighted by atomic mass is 16.4. The number of rotatable bonds is 7. The van der Waals surface area contributed by atoms with E-state index < -0.39 is 0 Å². The summed E-state index contributed by atoms with van der Waals surface area (Å²) < 4.78 is 0. The Kier molecular flexibility index (Phi) is 6.10. The molecule has 0 saturated carbocycles. The number of aliphatic hydroxyl groups is 1. The summed E-state index contributed by atoms with van der Waals surface area (Å²) in [4.78, 5) is 6.29. The minimum atomic E-state index is 0.0174. The topological polar surface area (TPSA) is 95.0 Å². The third kappa shape index (κ3) is 3.97. The first kappa shape index (κ1) is 14.4. The van der Waals surface area contributed by atoms with Gasteiger partial charge < -0.3 is 16.0 Å². The van der Waals surface area contributed by atoms with Gasteiger partial charge in [-0.1, -0.05) is 18.1 Å². The Hall–Kier alpha value is -1.66. The molecule has 6 nitrogen and oxygen atoms in total. The molecule has 0 aliphatic rings. The zero-order valence-corrected chi connectivity index (χ0v) is 10.6. The van der Waals surface area contributed by atoms with Crippen molar-refractivity contribution in [2.24, 2.45) is 10.9 Å². The predicted octanol–water partition coefficient (Wildman–Crippen LogP) is 0.380. The molecule has 1 aromatic heterocycles. The fraction of sp³-hybridized carbons (Fsp3) is 0.500. The molecule has 1 heterocycles. The lowest BCUT2D eigenvalue weighted by atomic mass is 10.1. The maximum Gasteiger partial charge on any atom is 0.189 e. The van der Waals surface area contributed by atoms with Crippen molar-refractivity contribution in [1.82, 2.24) is 9.88 Å². The molecule has 0 fully saturated rings. The van der Waals surface area contributed by atoms with Gasteiger partial charge in [0.2, 0.25) is 0 Å². The molecule has 0 aromatic carbocycles.